The number of fused-ring (bicyclic) bond motifs is 1. The summed E-state index contributed by atoms with van der Waals surface area (Å²) in [6.07, 6.45) is 2.00. The lowest BCUT2D eigenvalue weighted by Crippen LogP contribution is -2.46. The highest BCUT2D eigenvalue weighted by Gasteiger charge is 2.34. The zero-order valence-electron chi connectivity index (χ0n) is 16.4. The molecule has 0 aliphatic heterocycles. The highest BCUT2D eigenvalue weighted by molar-refractivity contribution is 6.67. The van der Waals surface area contributed by atoms with Crippen molar-refractivity contribution in [3.63, 3.8) is 0 Å². The number of carboxylic acid groups (broad SMARTS) is 1. The highest BCUT2D eigenvalue weighted by Crippen LogP contribution is 2.33. The van der Waals surface area contributed by atoms with Gasteiger partial charge in [-0.05, 0) is 31.7 Å². The van der Waals surface area contributed by atoms with Crippen LogP contribution < -0.4 is 10.2 Å². The summed E-state index contributed by atoms with van der Waals surface area (Å²) in [6.45, 7) is -0.131. The van der Waals surface area contributed by atoms with Crippen LogP contribution in [0.25, 0.3) is 10.9 Å². The van der Waals surface area contributed by atoms with E-state index in [1.165, 1.54) is 4.90 Å². The molecule has 1 aliphatic rings. The average molecular weight is 460 g/mol. The summed E-state index contributed by atoms with van der Waals surface area (Å²) in [7, 11) is 4.03. The molecular weight excluding hydrogens is 435 g/mol. The number of halogens is 3. The van der Waals surface area contributed by atoms with Crippen molar-refractivity contribution in [3.05, 3.63) is 30.3 Å². The van der Waals surface area contributed by atoms with Gasteiger partial charge in [-0.25, -0.2) is 9.78 Å². The third-order valence-corrected chi connectivity index (χ3v) is 5.62. The zero-order chi connectivity index (χ0) is 21.2. The molecule has 0 atom stereocenters. The summed E-state index contributed by atoms with van der Waals surface area (Å²) in [5, 5.41) is 14.1. The molecule has 1 aliphatic carbocycles. The third kappa shape index (κ3) is 5.71. The maximum Gasteiger partial charge on any atom is 0.407 e. The zero-order valence-corrected chi connectivity index (χ0v) is 18.7. The minimum Gasteiger partial charge on any atom is -0.465 e. The van der Waals surface area contributed by atoms with Crippen molar-refractivity contribution in [2.24, 2.45) is 0 Å². The molecule has 9 heteroatoms. The van der Waals surface area contributed by atoms with E-state index in [0.29, 0.717) is 12.8 Å². The van der Waals surface area contributed by atoms with Gasteiger partial charge in [0.05, 0.1) is 12.1 Å². The number of hydrogen-bond acceptors (Lipinski definition) is 4. The van der Waals surface area contributed by atoms with Crippen LogP contribution in [0.5, 0.6) is 0 Å². The molecule has 158 valence electrons. The van der Waals surface area contributed by atoms with Gasteiger partial charge in [0.2, 0.25) is 3.79 Å². The fourth-order valence-corrected chi connectivity index (χ4v) is 4.27. The lowest BCUT2D eigenvalue weighted by Gasteiger charge is -2.37. The lowest BCUT2D eigenvalue weighted by atomic mass is 9.90. The first-order valence-electron chi connectivity index (χ1n) is 9.54. The van der Waals surface area contributed by atoms with Gasteiger partial charge in [0, 0.05) is 43.3 Å². The monoisotopic (exact) mass is 458 g/mol. The molecule has 0 unspecified atom stereocenters. The van der Waals surface area contributed by atoms with Gasteiger partial charge in [0.1, 0.15) is 5.82 Å². The molecular formula is C20H25Cl3N4O2. The Hall–Kier alpha value is -1.63. The van der Waals surface area contributed by atoms with Crippen LogP contribution in [0.3, 0.4) is 0 Å². The summed E-state index contributed by atoms with van der Waals surface area (Å²) >= 11 is 17.4. The van der Waals surface area contributed by atoms with Crippen LogP contribution in [0, 0.1) is 0 Å². The molecule has 1 aromatic carbocycles. The second kappa shape index (κ2) is 9.02. The second-order valence-corrected chi connectivity index (χ2v) is 10.1. The fourth-order valence-electron chi connectivity index (χ4n) is 3.89. The molecule has 0 bridgehead atoms. The molecule has 2 N–H and O–H groups in total. The number of aromatic nitrogens is 1. The maximum atomic E-state index is 11.6. The molecule has 2 aromatic rings. The molecule has 0 spiro atoms. The second-order valence-electron chi connectivity index (χ2n) is 7.61. The van der Waals surface area contributed by atoms with E-state index >= 15 is 0 Å². The van der Waals surface area contributed by atoms with Gasteiger partial charge in [0.25, 0.3) is 0 Å². The number of nitrogens with zero attached hydrogens (tertiary/aromatic N) is 3. The van der Waals surface area contributed by atoms with Crippen LogP contribution in [0.2, 0.25) is 0 Å². The van der Waals surface area contributed by atoms with Crippen LogP contribution in [0.4, 0.5) is 16.3 Å². The summed E-state index contributed by atoms with van der Waals surface area (Å²) in [6, 6.07) is 10.2. The first kappa shape index (κ1) is 22.1. The van der Waals surface area contributed by atoms with Gasteiger partial charge in [-0.3, -0.25) is 0 Å². The third-order valence-electron chi connectivity index (χ3n) is 5.26. The molecule has 0 radical (unpaired) electrons. The normalized spacial score (nSPS) is 19.8. The van der Waals surface area contributed by atoms with Crippen molar-refractivity contribution in [2.75, 3.05) is 30.9 Å². The molecule has 0 saturated heterocycles. The number of rotatable bonds is 5. The fraction of sp³-hybridized carbons (Fsp3) is 0.500. The van der Waals surface area contributed by atoms with Crippen molar-refractivity contribution in [3.8, 4) is 0 Å². The smallest absolute Gasteiger partial charge is 0.407 e. The van der Waals surface area contributed by atoms with Gasteiger partial charge in [-0.1, -0.05) is 53.0 Å². The Morgan fingerprint density at radius 2 is 1.86 bits per heavy atom. The number of carbonyl (C=O) groups is 1. The topological polar surface area (TPSA) is 68.7 Å². The molecule has 1 saturated carbocycles. The van der Waals surface area contributed by atoms with E-state index in [0.717, 1.165) is 35.2 Å². The van der Waals surface area contributed by atoms with Crippen molar-refractivity contribution >= 4 is 63.3 Å². The predicted molar refractivity (Wildman–Crippen MR) is 121 cm³/mol. The van der Waals surface area contributed by atoms with Crippen molar-refractivity contribution < 1.29 is 9.90 Å². The van der Waals surface area contributed by atoms with Crippen molar-refractivity contribution in [1.29, 1.82) is 0 Å². The Morgan fingerprint density at radius 1 is 1.21 bits per heavy atom. The number of para-hydroxylation sites is 1. The Balaban J connectivity index is 1.68. The van der Waals surface area contributed by atoms with Gasteiger partial charge in [-0.2, -0.15) is 0 Å². The first-order valence-corrected chi connectivity index (χ1v) is 10.7. The van der Waals surface area contributed by atoms with Crippen LogP contribution in [0.15, 0.2) is 30.3 Å². The lowest BCUT2D eigenvalue weighted by molar-refractivity contribution is 0.111. The largest absolute Gasteiger partial charge is 0.465 e. The number of amides is 1. The van der Waals surface area contributed by atoms with Crippen LogP contribution >= 0.6 is 34.8 Å². The summed E-state index contributed by atoms with van der Waals surface area (Å²) in [5.74, 6) is 0.826. The number of benzene rings is 1. The summed E-state index contributed by atoms with van der Waals surface area (Å²) in [4.78, 5) is 19.7. The standard InChI is InChI=1S/C20H25Cl3N4O2/c1-26(2)17-11-18(25-16-6-4-3-5-15(16)17)24-13-7-9-14(10-8-13)27(19(28)29)12-20(21,22)23/h3-6,11,13-14H,7-10,12H2,1-2H3,(H,24,25)(H,28,29). The van der Waals surface area contributed by atoms with E-state index in [1.54, 1.807) is 0 Å². The quantitative estimate of drug-likeness (QED) is 0.588. The Kier molecular flexibility index (Phi) is 6.87. The van der Waals surface area contributed by atoms with E-state index in [4.69, 9.17) is 39.8 Å². The van der Waals surface area contributed by atoms with Gasteiger partial charge < -0.3 is 20.2 Å². The molecule has 1 aromatic heterocycles. The van der Waals surface area contributed by atoms with Gasteiger partial charge in [-0.15, -0.1) is 0 Å². The Morgan fingerprint density at radius 3 is 2.45 bits per heavy atom. The number of pyridine rings is 1. The SMILES string of the molecule is CN(C)c1cc(NC2CCC(N(CC(Cl)(Cl)Cl)C(=O)O)CC2)nc2ccccc12. The first-order chi connectivity index (χ1) is 13.6. The number of alkyl halides is 3. The molecule has 29 heavy (non-hydrogen) atoms. The van der Waals surface area contributed by atoms with E-state index in [-0.39, 0.29) is 18.6 Å². The van der Waals surface area contributed by atoms with Gasteiger partial charge >= 0.3 is 6.09 Å². The molecule has 3 rings (SSSR count). The van der Waals surface area contributed by atoms with E-state index in [9.17, 15) is 9.90 Å². The van der Waals surface area contributed by atoms with Crippen molar-refractivity contribution in [1.82, 2.24) is 9.88 Å². The average Bonchev–Trinajstić information content (AvgIpc) is 2.65. The van der Waals surface area contributed by atoms with Crippen molar-refractivity contribution in [2.45, 2.75) is 41.6 Å². The number of hydrogen-bond donors (Lipinski definition) is 2. The minimum absolute atomic E-state index is 0.131. The van der Waals surface area contributed by atoms with Gasteiger partial charge in [0.15, 0.2) is 0 Å². The maximum absolute atomic E-state index is 11.6. The molecule has 1 amide bonds. The molecule has 6 nitrogen and oxygen atoms in total. The van der Waals surface area contributed by atoms with Crippen LogP contribution in [-0.4, -0.2) is 57.6 Å². The van der Waals surface area contributed by atoms with E-state index in [1.807, 2.05) is 32.3 Å². The Bertz CT molecular complexity index is 864. The van der Waals surface area contributed by atoms with E-state index < -0.39 is 9.89 Å². The summed E-state index contributed by atoms with van der Waals surface area (Å²) < 4.78 is -1.62. The highest BCUT2D eigenvalue weighted by atomic mass is 35.6. The molecule has 1 fully saturated rings. The minimum atomic E-state index is -1.62. The summed E-state index contributed by atoms with van der Waals surface area (Å²) in [5.41, 5.74) is 2.04. The van der Waals surface area contributed by atoms with E-state index in [2.05, 4.69) is 22.3 Å². The Labute approximate surface area is 185 Å². The predicted octanol–water partition coefficient (Wildman–Crippen LogP) is 5.37. The van der Waals surface area contributed by atoms with Crippen LogP contribution in [0.1, 0.15) is 25.7 Å². The molecule has 1 heterocycles. The number of nitrogens with one attached hydrogen (secondary N) is 1. The number of anilines is 2. The van der Waals surface area contributed by atoms with Crippen LogP contribution in [-0.2, 0) is 0 Å².